The van der Waals surface area contributed by atoms with E-state index in [4.69, 9.17) is 0 Å². The molecule has 0 unspecified atom stereocenters. The average molecular weight is 2060 g/mol. The minimum absolute atomic E-state index is 1.06. The molecular formula is C129H268N17+9. The maximum absolute atomic E-state index is 2.57. The van der Waals surface area contributed by atoms with E-state index in [-0.39, 0.29) is 0 Å². The summed E-state index contributed by atoms with van der Waals surface area (Å²) in [6.45, 7) is 99.8. The highest BCUT2D eigenvalue weighted by molar-refractivity contribution is 5.55. The van der Waals surface area contributed by atoms with E-state index in [2.05, 4.69) is 251 Å². The number of aromatic nitrogens is 2. The maximum atomic E-state index is 2.57. The van der Waals surface area contributed by atoms with Gasteiger partial charge in [-0.05, 0) is 449 Å². The zero-order chi connectivity index (χ0) is 107. The van der Waals surface area contributed by atoms with Crippen LogP contribution >= 0.6 is 0 Å². The van der Waals surface area contributed by atoms with Crippen molar-refractivity contribution < 1.29 is 40.5 Å². The zero-order valence-corrected chi connectivity index (χ0v) is 104. The first-order valence-corrected chi connectivity index (χ1v) is 65.0. The molecule has 2 aromatic heterocycles. The monoisotopic (exact) mass is 2060 g/mol. The summed E-state index contributed by atoms with van der Waals surface area (Å²) in [7, 11) is 14.3. The van der Waals surface area contributed by atoms with Gasteiger partial charge in [0.25, 0.3) is 0 Å². The molecule has 0 radical (unpaired) electrons. The normalized spacial score (nSPS) is 24.3. The van der Waals surface area contributed by atoms with Crippen molar-refractivity contribution in [3.63, 3.8) is 0 Å². The Morgan fingerprint density at radius 2 is 0.411 bits per heavy atom. The van der Waals surface area contributed by atoms with Crippen LogP contribution in [0.1, 0.15) is 419 Å². The molecule has 16 saturated heterocycles. The molecule has 0 spiro atoms. The molecule has 146 heavy (non-hydrogen) atoms. The van der Waals surface area contributed by atoms with Gasteiger partial charge in [-0.25, -0.2) is 9.14 Å². The fourth-order valence-corrected chi connectivity index (χ4v) is 23.7. The van der Waals surface area contributed by atoms with Crippen LogP contribution in [0.15, 0.2) is 67.4 Å². The Kier molecular flexibility index (Phi) is 86.2. The lowest BCUT2D eigenvalue weighted by Crippen LogP contribution is -2.57. The number of piperidine rings is 10. The van der Waals surface area contributed by atoms with Gasteiger partial charge >= 0.3 is 0 Å². The summed E-state index contributed by atoms with van der Waals surface area (Å²) in [5.74, 6) is 1.12. The van der Waals surface area contributed by atoms with Crippen molar-refractivity contribution in [2.75, 3.05) is 330 Å². The third kappa shape index (κ3) is 70.7. The van der Waals surface area contributed by atoms with Gasteiger partial charge in [-0.2, -0.15) is 0 Å². The van der Waals surface area contributed by atoms with Gasteiger partial charge in [0.15, 0.2) is 18.6 Å². The van der Waals surface area contributed by atoms with Gasteiger partial charge < -0.3 is 70.2 Å². The number of fused-ring (bicyclic) bond motifs is 3. The van der Waals surface area contributed by atoms with Crippen LogP contribution in [0, 0.1) is 5.92 Å². The molecule has 0 amide bonds. The summed E-state index contributed by atoms with van der Waals surface area (Å²) in [5.41, 5.74) is 0. The lowest BCUT2D eigenvalue weighted by Gasteiger charge is -2.48. The third-order valence-electron chi connectivity index (χ3n) is 37.2. The quantitative estimate of drug-likeness (QED) is 0.115. The Hall–Kier alpha value is -2.72. The number of quaternary nitrogens is 7. The molecule has 17 aliphatic rings. The first-order valence-electron chi connectivity index (χ1n) is 65.0. The van der Waals surface area contributed by atoms with Crippen molar-refractivity contribution in [3.8, 4) is 0 Å². The summed E-state index contributed by atoms with van der Waals surface area (Å²) in [5, 5.41) is 0. The van der Waals surface area contributed by atoms with Crippen LogP contribution in [0.25, 0.3) is 0 Å². The molecule has 2 bridgehead atoms. The lowest BCUT2D eigenvalue weighted by molar-refractivity contribution is -0.941. The van der Waals surface area contributed by atoms with Crippen LogP contribution in [0.2, 0.25) is 0 Å². The maximum Gasteiger partial charge on any atom is 0.168 e. The van der Waals surface area contributed by atoms with Gasteiger partial charge in [-0.15, -0.1) is 0 Å². The van der Waals surface area contributed by atoms with Crippen LogP contribution in [-0.2, 0) is 13.1 Å². The summed E-state index contributed by atoms with van der Waals surface area (Å²) < 4.78 is 15.8. The molecular weight excluding hydrogens is 1790 g/mol. The Labute approximate surface area is 916 Å². The molecule has 17 aliphatic heterocycles. The predicted octanol–water partition coefficient (Wildman–Crippen LogP) is 27.0. The Morgan fingerprint density at radius 1 is 0.212 bits per heavy atom. The number of pyridine rings is 1. The molecule has 17 nitrogen and oxygen atoms in total. The molecule has 19 rings (SSSR count). The topological polar surface area (TPSA) is 34.5 Å². The van der Waals surface area contributed by atoms with E-state index in [0.717, 1.165) is 32.0 Å². The van der Waals surface area contributed by atoms with Crippen molar-refractivity contribution in [2.45, 2.75) is 433 Å². The van der Waals surface area contributed by atoms with Crippen molar-refractivity contribution in [1.82, 2.24) is 38.9 Å². The van der Waals surface area contributed by atoms with Crippen LogP contribution in [0.5, 0.6) is 0 Å². The summed E-state index contributed by atoms with van der Waals surface area (Å²) >= 11 is 0. The number of nitrogens with zero attached hydrogens (tertiary/aromatic N) is 17. The highest BCUT2D eigenvalue weighted by Crippen LogP contribution is 2.33. The standard InChI is InChI=1S/C10H22N.C9H18N.C9H20N.C9H19N.3C8H18N.C8H17N.C7H16N.4C7H15N.C7H10N.C6H13N.C6H10N.C6H9N/c1-3-11(2)9-7-5-4-6-8-10-11;1-2-10-6-3-9(4-7-10)5-8-10;1-3-10(2)8-6-4-5-7-9-10;1-2-10-8-6-4-3-5-7-9-10;3*1-3-9(2)7-5-4-6-8-9;1-2-9-7-5-3-4-6-8-9;1-3-8(2)6-4-5-7-8;5*1-2-8-6-4-3-5-7-8;3*1-2-7-5-3-4-6-7/h3-10H2,1-2H3;9H,2-8H2,1H3;3-9H2,1-2H3;2-9H2,1H3;3*3-8H2,1-2H3;2-8H2,1H3;3-7H2,1-2H3;4*2-7H2,1H3;3-7H,2H2,1H3;2-6H2,1H3;3,5-6H,2,4H2,1H3;3-6H,2H2,1H3/q3*+1;;3*+1;;+1;;;;;+1;;+1;. The molecule has 16 fully saturated rings. The number of allylic oxidation sites excluding steroid dienone is 1. The predicted molar refractivity (Wildman–Crippen MR) is 648 cm³/mol. The van der Waals surface area contributed by atoms with Crippen LogP contribution in [-0.4, -0.2) is 411 Å². The van der Waals surface area contributed by atoms with E-state index in [9.17, 15) is 0 Å². The van der Waals surface area contributed by atoms with Gasteiger partial charge in [-0.3, -0.25) is 0 Å². The Balaban J connectivity index is 0.000000525. The fraction of sp³-hybridized carbons (Fsp3) is 0.907. The van der Waals surface area contributed by atoms with Gasteiger partial charge in [0.2, 0.25) is 0 Å². The number of likely N-dealkylation sites (tertiary alicyclic amines) is 13. The molecule has 860 valence electrons. The van der Waals surface area contributed by atoms with Crippen molar-refractivity contribution in [1.29, 1.82) is 0 Å². The number of hydrogen-bond acceptors (Lipinski definition) is 7. The summed E-state index contributed by atoms with van der Waals surface area (Å²) in [4.78, 5) is 17.7. The van der Waals surface area contributed by atoms with E-state index >= 15 is 0 Å². The highest BCUT2D eigenvalue weighted by Gasteiger charge is 2.38. The van der Waals surface area contributed by atoms with E-state index in [1.165, 1.54) is 608 Å². The number of rotatable bonds is 17. The molecule has 0 saturated carbocycles. The third-order valence-corrected chi connectivity index (χ3v) is 37.2. The zero-order valence-electron chi connectivity index (χ0n) is 104. The summed E-state index contributed by atoms with van der Waals surface area (Å²) in [6.07, 6.45) is 82.5. The second-order valence-electron chi connectivity index (χ2n) is 48.5. The van der Waals surface area contributed by atoms with E-state index in [1.807, 2.05) is 30.3 Å². The lowest BCUT2D eigenvalue weighted by atomic mass is 9.86. The van der Waals surface area contributed by atoms with Crippen LogP contribution in [0.3, 0.4) is 0 Å². The molecule has 0 aliphatic carbocycles. The Bertz CT molecular complexity index is 2940. The van der Waals surface area contributed by atoms with Gasteiger partial charge in [0, 0.05) is 50.3 Å². The largest absolute Gasteiger partial charge is 0.355 e. The molecule has 0 N–H and O–H groups in total. The van der Waals surface area contributed by atoms with E-state index in [1.54, 1.807) is 0 Å². The number of aryl methyl sites for hydroxylation is 2. The van der Waals surface area contributed by atoms with Crippen LogP contribution in [0.4, 0.5) is 0 Å². The van der Waals surface area contributed by atoms with Crippen LogP contribution < -0.4 is 4.57 Å². The van der Waals surface area contributed by atoms with Crippen molar-refractivity contribution in [2.24, 2.45) is 5.92 Å². The molecule has 0 aromatic carbocycles. The number of hydrogen-bond donors (Lipinski definition) is 0. The molecule has 19 heterocycles. The van der Waals surface area contributed by atoms with E-state index < -0.39 is 0 Å². The average Bonchev–Trinajstić information content (AvgIpc) is 0.849. The summed E-state index contributed by atoms with van der Waals surface area (Å²) in [6, 6.07) is 10.1. The molecule has 2 aromatic rings. The van der Waals surface area contributed by atoms with Crippen molar-refractivity contribution in [3.05, 3.63) is 67.4 Å². The van der Waals surface area contributed by atoms with Gasteiger partial charge in [-0.1, -0.05) is 119 Å². The second-order valence-corrected chi connectivity index (χ2v) is 48.5. The second kappa shape index (κ2) is 90.4. The minimum atomic E-state index is 1.06. The van der Waals surface area contributed by atoms with Gasteiger partial charge in [0.05, 0.1) is 186 Å². The molecule has 17 heteroatoms. The SMILES string of the molecule is CCN1CCCC1.CCN1CCCCC1.CCN1CCCCC1.CCN1CCCCC1.CCN1CCCCC1.CCN1CCCCCC1.CCN1CCCCCCC1.CC[N+]1(C)CCCC1.CC[N+]1(C)CCCCC1.CC[N+]1(C)CCCCC1.CC[N+]1(C)CCCCC1.CC[N+]1(C)CCCCCC1.CC[N+]1(C)CCCCCCC1.CC[N+]12CCC(CC1)CC2.CC[N+]1=CCC=C1.CC[n+]1ccccc1.CCn1cccc1. The first-order chi connectivity index (χ1) is 70.8. The van der Waals surface area contributed by atoms with Crippen molar-refractivity contribution >= 4 is 6.21 Å². The smallest absolute Gasteiger partial charge is 0.168 e. The minimum Gasteiger partial charge on any atom is -0.355 e. The first kappa shape index (κ1) is 139. The fourth-order valence-electron chi connectivity index (χ4n) is 23.7. The Morgan fingerprint density at radius 3 is 0.568 bits per heavy atom. The highest BCUT2D eigenvalue weighted by atomic mass is 15.4. The molecule has 0 atom stereocenters. The van der Waals surface area contributed by atoms with E-state index in [0.29, 0.717) is 0 Å². The van der Waals surface area contributed by atoms with Gasteiger partial charge in [0.1, 0.15) is 19.3 Å².